The Bertz CT molecular complexity index is 839. The summed E-state index contributed by atoms with van der Waals surface area (Å²) >= 11 is 0. The maximum atomic E-state index is 14.2. The van der Waals surface area contributed by atoms with Gasteiger partial charge in [0.15, 0.2) is 5.69 Å². The highest BCUT2D eigenvalue weighted by atomic mass is 19.1. The molecule has 0 bridgehead atoms. The number of hydrogen-bond acceptors (Lipinski definition) is 3. The summed E-state index contributed by atoms with van der Waals surface area (Å²) in [5.41, 5.74) is 2.82. The van der Waals surface area contributed by atoms with Gasteiger partial charge in [-0.15, -0.1) is 0 Å². The lowest BCUT2D eigenvalue weighted by Crippen LogP contribution is -2.35. The van der Waals surface area contributed by atoms with Gasteiger partial charge in [0.25, 0.3) is 5.91 Å². The van der Waals surface area contributed by atoms with Crippen LogP contribution in [0.3, 0.4) is 0 Å². The molecule has 0 radical (unpaired) electrons. The number of aromatic nitrogens is 2. The van der Waals surface area contributed by atoms with Gasteiger partial charge < -0.3 is 10.2 Å². The number of carbonyl (C=O) groups is 1. The van der Waals surface area contributed by atoms with E-state index in [-0.39, 0.29) is 11.7 Å². The first-order valence-electron chi connectivity index (χ1n) is 10.5. The Hall–Kier alpha value is -2.21. The van der Waals surface area contributed by atoms with Gasteiger partial charge in [0.2, 0.25) is 0 Å². The monoisotopic (exact) mass is 384 g/mol. The molecular formula is C22H29FN4O. The first-order chi connectivity index (χ1) is 13.6. The summed E-state index contributed by atoms with van der Waals surface area (Å²) < 4.78 is 15.9. The first-order valence-corrected chi connectivity index (χ1v) is 10.5. The fourth-order valence-electron chi connectivity index (χ4n) is 4.32. The molecule has 1 saturated heterocycles. The zero-order valence-electron chi connectivity index (χ0n) is 16.6. The zero-order valence-corrected chi connectivity index (χ0v) is 16.6. The maximum absolute atomic E-state index is 14.2. The van der Waals surface area contributed by atoms with Gasteiger partial charge in [-0.25, -0.2) is 9.07 Å². The molecule has 0 unspecified atom stereocenters. The quantitative estimate of drug-likeness (QED) is 0.777. The number of nitrogens with zero attached hydrogens (tertiary/aromatic N) is 3. The summed E-state index contributed by atoms with van der Waals surface area (Å²) in [5.74, 6) is 0.380. The second-order valence-corrected chi connectivity index (χ2v) is 8.12. The third-order valence-electron chi connectivity index (χ3n) is 6.04. The van der Waals surface area contributed by atoms with Crippen LogP contribution in [0, 0.1) is 11.7 Å². The molecule has 28 heavy (non-hydrogen) atoms. The number of amides is 1. The van der Waals surface area contributed by atoms with E-state index >= 15 is 0 Å². The molecule has 1 aromatic carbocycles. The van der Waals surface area contributed by atoms with Gasteiger partial charge in [0.05, 0.1) is 0 Å². The number of likely N-dealkylation sites (tertiary alicyclic amines) is 1. The average molecular weight is 384 g/mol. The van der Waals surface area contributed by atoms with Gasteiger partial charge in [0, 0.05) is 17.8 Å². The molecule has 2 aliphatic rings. The standard InChI is InChI=1S/C22H29FN4O/c1-16-10-14-26(15-11-16)13-5-12-24-22(28)21-17-6-4-9-19(17)27(25-21)20-8-3-2-7-18(20)23/h2-3,7-8,16H,4-6,9-15H2,1H3,(H,24,28). The minimum absolute atomic E-state index is 0.138. The topological polar surface area (TPSA) is 50.2 Å². The number of carbonyl (C=O) groups excluding carboxylic acids is 1. The van der Waals surface area contributed by atoms with Crippen LogP contribution in [-0.4, -0.2) is 46.8 Å². The van der Waals surface area contributed by atoms with E-state index in [1.807, 2.05) is 0 Å². The van der Waals surface area contributed by atoms with E-state index in [0.717, 1.165) is 62.5 Å². The number of para-hydroxylation sites is 1. The number of hydrogen-bond donors (Lipinski definition) is 1. The van der Waals surface area contributed by atoms with Crippen LogP contribution in [0.15, 0.2) is 24.3 Å². The fraction of sp³-hybridized carbons (Fsp3) is 0.545. The minimum Gasteiger partial charge on any atom is -0.351 e. The predicted molar refractivity (Wildman–Crippen MR) is 107 cm³/mol. The Morgan fingerprint density at radius 2 is 2.04 bits per heavy atom. The minimum atomic E-state index is -0.317. The van der Waals surface area contributed by atoms with E-state index in [0.29, 0.717) is 17.9 Å². The molecule has 0 saturated carbocycles. The van der Waals surface area contributed by atoms with Gasteiger partial charge >= 0.3 is 0 Å². The van der Waals surface area contributed by atoms with Crippen molar-refractivity contribution in [1.82, 2.24) is 20.0 Å². The van der Waals surface area contributed by atoms with Crippen LogP contribution in [-0.2, 0) is 12.8 Å². The lowest BCUT2D eigenvalue weighted by molar-refractivity contribution is 0.0944. The number of benzene rings is 1. The normalized spacial score (nSPS) is 17.6. The molecular weight excluding hydrogens is 355 g/mol. The Labute approximate surface area is 165 Å². The molecule has 1 amide bonds. The molecule has 150 valence electrons. The molecule has 0 atom stereocenters. The molecule has 2 aromatic rings. The van der Waals surface area contributed by atoms with Crippen molar-refractivity contribution in [2.24, 2.45) is 5.92 Å². The van der Waals surface area contributed by atoms with Crippen LogP contribution >= 0.6 is 0 Å². The Morgan fingerprint density at radius 3 is 2.82 bits per heavy atom. The average Bonchev–Trinajstić information content (AvgIpc) is 3.30. The van der Waals surface area contributed by atoms with Gasteiger partial charge in [-0.3, -0.25) is 4.79 Å². The van der Waals surface area contributed by atoms with Crippen LogP contribution in [0.5, 0.6) is 0 Å². The van der Waals surface area contributed by atoms with E-state index in [4.69, 9.17) is 0 Å². The largest absolute Gasteiger partial charge is 0.351 e. The summed E-state index contributed by atoms with van der Waals surface area (Å²) in [4.78, 5) is 15.2. The molecule has 1 aliphatic heterocycles. The Balaban J connectivity index is 1.38. The summed E-state index contributed by atoms with van der Waals surface area (Å²) in [6.07, 6.45) is 6.12. The van der Waals surface area contributed by atoms with Crippen molar-refractivity contribution in [1.29, 1.82) is 0 Å². The van der Waals surface area contributed by atoms with Crippen LogP contribution in [0.25, 0.3) is 5.69 Å². The summed E-state index contributed by atoms with van der Waals surface area (Å²) in [7, 11) is 0. The summed E-state index contributed by atoms with van der Waals surface area (Å²) in [6.45, 7) is 6.31. The van der Waals surface area contributed by atoms with Crippen molar-refractivity contribution in [2.45, 2.75) is 45.4 Å². The van der Waals surface area contributed by atoms with Gasteiger partial charge in [-0.05, 0) is 76.2 Å². The highest BCUT2D eigenvalue weighted by Crippen LogP contribution is 2.28. The molecule has 0 spiro atoms. The number of piperidine rings is 1. The lowest BCUT2D eigenvalue weighted by atomic mass is 9.99. The Kier molecular flexibility index (Phi) is 5.76. The fourth-order valence-corrected chi connectivity index (χ4v) is 4.32. The molecule has 1 N–H and O–H groups in total. The van der Waals surface area contributed by atoms with Crippen molar-refractivity contribution in [2.75, 3.05) is 26.2 Å². The first kappa shape index (κ1) is 19.1. The zero-order chi connectivity index (χ0) is 19.5. The SMILES string of the molecule is CC1CCN(CCCNC(=O)c2nn(-c3ccccc3F)c3c2CCC3)CC1. The van der Waals surface area contributed by atoms with Crippen LogP contribution < -0.4 is 5.32 Å². The predicted octanol–water partition coefficient (Wildman–Crippen LogP) is 3.35. The van der Waals surface area contributed by atoms with E-state index < -0.39 is 0 Å². The molecule has 2 heterocycles. The van der Waals surface area contributed by atoms with Gasteiger partial charge in [0.1, 0.15) is 11.5 Å². The molecule has 6 heteroatoms. The van der Waals surface area contributed by atoms with E-state index in [2.05, 4.69) is 22.2 Å². The van der Waals surface area contributed by atoms with Gasteiger partial charge in [-0.2, -0.15) is 5.10 Å². The Morgan fingerprint density at radius 1 is 1.25 bits per heavy atom. The van der Waals surface area contributed by atoms with E-state index in [1.54, 1.807) is 22.9 Å². The van der Waals surface area contributed by atoms with Crippen molar-refractivity contribution < 1.29 is 9.18 Å². The number of fused-ring (bicyclic) bond motifs is 1. The second kappa shape index (κ2) is 8.43. The molecule has 1 aliphatic carbocycles. The third-order valence-corrected chi connectivity index (χ3v) is 6.04. The highest BCUT2D eigenvalue weighted by molar-refractivity contribution is 5.94. The number of rotatable bonds is 6. The van der Waals surface area contributed by atoms with E-state index in [1.165, 1.54) is 18.9 Å². The summed E-state index contributed by atoms with van der Waals surface area (Å²) in [5, 5.41) is 7.52. The van der Waals surface area contributed by atoms with Crippen molar-refractivity contribution in [3.63, 3.8) is 0 Å². The van der Waals surface area contributed by atoms with Crippen molar-refractivity contribution >= 4 is 5.91 Å². The van der Waals surface area contributed by atoms with Gasteiger partial charge in [-0.1, -0.05) is 19.1 Å². The van der Waals surface area contributed by atoms with Crippen molar-refractivity contribution in [3.8, 4) is 5.69 Å². The van der Waals surface area contributed by atoms with E-state index in [9.17, 15) is 9.18 Å². The second-order valence-electron chi connectivity index (χ2n) is 8.12. The molecule has 4 rings (SSSR count). The molecule has 5 nitrogen and oxygen atoms in total. The lowest BCUT2D eigenvalue weighted by Gasteiger charge is -2.30. The highest BCUT2D eigenvalue weighted by Gasteiger charge is 2.27. The maximum Gasteiger partial charge on any atom is 0.272 e. The molecule has 1 aromatic heterocycles. The van der Waals surface area contributed by atoms with Crippen molar-refractivity contribution in [3.05, 3.63) is 47.0 Å². The van der Waals surface area contributed by atoms with Crippen LogP contribution in [0.4, 0.5) is 4.39 Å². The number of nitrogens with one attached hydrogen (secondary N) is 1. The third kappa shape index (κ3) is 3.97. The van der Waals surface area contributed by atoms with Crippen LogP contribution in [0.1, 0.15) is 54.4 Å². The smallest absolute Gasteiger partial charge is 0.272 e. The number of halogens is 1. The molecule has 1 fully saturated rings. The van der Waals surface area contributed by atoms with Crippen LogP contribution in [0.2, 0.25) is 0 Å². The summed E-state index contributed by atoms with van der Waals surface area (Å²) in [6, 6.07) is 6.60.